The molecule has 0 saturated carbocycles. The van der Waals surface area contributed by atoms with Gasteiger partial charge in [0.1, 0.15) is 17.8 Å². The summed E-state index contributed by atoms with van der Waals surface area (Å²) in [6, 6.07) is 10.5. The minimum atomic E-state index is -0.328. The van der Waals surface area contributed by atoms with Crippen molar-refractivity contribution in [1.82, 2.24) is 20.3 Å². The van der Waals surface area contributed by atoms with Gasteiger partial charge in [-0.2, -0.15) is 0 Å². The number of amides is 1. The summed E-state index contributed by atoms with van der Waals surface area (Å²) in [5.74, 6) is 1.59. The highest BCUT2D eigenvalue weighted by atomic mass is 16.5. The lowest BCUT2D eigenvalue weighted by Crippen LogP contribution is -2.24. The average molecular weight is 395 g/mol. The molecular weight excluding hydrogens is 374 g/mol. The van der Waals surface area contributed by atoms with Gasteiger partial charge in [-0.25, -0.2) is 9.97 Å². The van der Waals surface area contributed by atoms with Gasteiger partial charge < -0.3 is 24.8 Å². The van der Waals surface area contributed by atoms with Crippen LogP contribution in [0.15, 0.2) is 48.9 Å². The van der Waals surface area contributed by atoms with Gasteiger partial charge in [0.25, 0.3) is 5.91 Å². The molecule has 0 atom stereocenters. The second-order valence-electron chi connectivity index (χ2n) is 5.83. The van der Waals surface area contributed by atoms with Crippen LogP contribution >= 0.6 is 0 Å². The molecule has 0 unspecified atom stereocenters. The zero-order chi connectivity index (χ0) is 20.6. The fraction of sp³-hybridized carbons (Fsp3) is 0.200. The molecule has 9 heteroatoms. The van der Waals surface area contributed by atoms with E-state index < -0.39 is 0 Å². The quantitative estimate of drug-likeness (QED) is 0.599. The largest absolute Gasteiger partial charge is 0.493 e. The molecule has 3 aromatic rings. The molecule has 1 aromatic carbocycles. The number of nitrogens with one attached hydrogen (secondary N) is 2. The lowest BCUT2D eigenvalue weighted by molar-refractivity contribution is 0.0945. The number of aromatic nitrogens is 3. The van der Waals surface area contributed by atoms with E-state index >= 15 is 0 Å². The van der Waals surface area contributed by atoms with Gasteiger partial charge in [-0.3, -0.25) is 9.78 Å². The van der Waals surface area contributed by atoms with Crippen molar-refractivity contribution in [1.29, 1.82) is 0 Å². The first-order valence-electron chi connectivity index (χ1n) is 8.71. The molecule has 0 radical (unpaired) electrons. The molecule has 150 valence electrons. The number of carbonyl (C=O) groups is 1. The monoisotopic (exact) mass is 395 g/mol. The summed E-state index contributed by atoms with van der Waals surface area (Å²) in [6.45, 7) is 0.305. The Morgan fingerprint density at radius 2 is 1.72 bits per heavy atom. The molecule has 0 fully saturated rings. The molecule has 2 aromatic heterocycles. The number of pyridine rings is 1. The SMILES string of the molecule is COc1cc(Nc2cc(C(=O)NCc3ccccn3)ncn2)cc(OC)c1OC. The first-order chi connectivity index (χ1) is 14.1. The maximum Gasteiger partial charge on any atom is 0.270 e. The third kappa shape index (κ3) is 4.89. The van der Waals surface area contributed by atoms with Crippen LogP contribution in [-0.4, -0.2) is 42.2 Å². The molecule has 0 spiro atoms. The fourth-order valence-corrected chi connectivity index (χ4v) is 2.62. The zero-order valence-electron chi connectivity index (χ0n) is 16.3. The first-order valence-corrected chi connectivity index (χ1v) is 8.71. The Hall–Kier alpha value is -3.88. The van der Waals surface area contributed by atoms with Crippen LogP contribution in [0.2, 0.25) is 0 Å². The minimum absolute atomic E-state index is 0.228. The minimum Gasteiger partial charge on any atom is -0.493 e. The standard InChI is InChI=1S/C20H21N5O4/c1-27-16-8-14(9-17(28-2)19(16)29-3)25-18-10-15(23-12-24-18)20(26)22-11-13-6-4-5-7-21-13/h4-10,12H,11H2,1-3H3,(H,22,26)(H,23,24,25). The summed E-state index contributed by atoms with van der Waals surface area (Å²) in [5, 5.41) is 5.90. The normalized spacial score (nSPS) is 10.2. The summed E-state index contributed by atoms with van der Waals surface area (Å²) < 4.78 is 16.0. The van der Waals surface area contributed by atoms with Gasteiger partial charge >= 0.3 is 0 Å². The highest BCUT2D eigenvalue weighted by molar-refractivity contribution is 5.92. The maximum atomic E-state index is 12.4. The number of hydrogen-bond acceptors (Lipinski definition) is 8. The molecule has 3 rings (SSSR count). The first kappa shape index (κ1) is 19.9. The molecule has 9 nitrogen and oxygen atoms in total. The third-order valence-corrected chi connectivity index (χ3v) is 3.99. The molecule has 0 bridgehead atoms. The molecule has 2 N–H and O–H groups in total. The Labute approximate surface area is 168 Å². The Morgan fingerprint density at radius 3 is 2.34 bits per heavy atom. The van der Waals surface area contributed by atoms with Crippen molar-refractivity contribution in [3.8, 4) is 17.2 Å². The number of anilines is 2. The van der Waals surface area contributed by atoms with Crippen molar-refractivity contribution in [3.63, 3.8) is 0 Å². The predicted octanol–water partition coefficient (Wildman–Crippen LogP) is 2.57. The van der Waals surface area contributed by atoms with E-state index in [0.717, 1.165) is 5.69 Å². The summed E-state index contributed by atoms with van der Waals surface area (Å²) in [5.41, 5.74) is 1.63. The van der Waals surface area contributed by atoms with Gasteiger partial charge in [-0.05, 0) is 12.1 Å². The van der Waals surface area contributed by atoms with Gasteiger partial charge in [0.15, 0.2) is 11.5 Å². The molecule has 0 aliphatic heterocycles. The Kier molecular flexibility index (Phi) is 6.41. The number of methoxy groups -OCH3 is 3. The summed E-state index contributed by atoms with van der Waals surface area (Å²) in [4.78, 5) is 24.8. The number of benzene rings is 1. The molecule has 2 heterocycles. The molecule has 0 aliphatic rings. The number of hydrogen-bond donors (Lipinski definition) is 2. The third-order valence-electron chi connectivity index (χ3n) is 3.99. The van der Waals surface area contributed by atoms with Crippen LogP contribution in [-0.2, 0) is 6.54 Å². The van der Waals surface area contributed by atoms with Gasteiger partial charge in [0.05, 0.1) is 33.6 Å². The highest BCUT2D eigenvalue weighted by Gasteiger charge is 2.14. The van der Waals surface area contributed by atoms with Gasteiger partial charge in [-0.15, -0.1) is 0 Å². The average Bonchev–Trinajstić information content (AvgIpc) is 2.77. The Bertz CT molecular complexity index is 957. The van der Waals surface area contributed by atoms with E-state index in [0.29, 0.717) is 35.3 Å². The van der Waals surface area contributed by atoms with Crippen molar-refractivity contribution < 1.29 is 19.0 Å². The molecule has 1 amide bonds. The fourth-order valence-electron chi connectivity index (χ4n) is 2.62. The van der Waals surface area contributed by atoms with Gasteiger partial charge in [0.2, 0.25) is 5.75 Å². The van der Waals surface area contributed by atoms with Crippen molar-refractivity contribution in [2.45, 2.75) is 6.54 Å². The summed E-state index contributed by atoms with van der Waals surface area (Å²) >= 11 is 0. The smallest absolute Gasteiger partial charge is 0.270 e. The zero-order valence-corrected chi connectivity index (χ0v) is 16.3. The highest BCUT2D eigenvalue weighted by Crippen LogP contribution is 2.40. The maximum absolute atomic E-state index is 12.4. The summed E-state index contributed by atoms with van der Waals surface area (Å²) in [6.07, 6.45) is 2.99. The van der Waals surface area contributed by atoms with E-state index in [1.165, 1.54) is 27.7 Å². The van der Waals surface area contributed by atoms with Crippen molar-refractivity contribution in [2.24, 2.45) is 0 Å². The van der Waals surface area contributed by atoms with Crippen molar-refractivity contribution in [2.75, 3.05) is 26.6 Å². The van der Waals surface area contributed by atoms with E-state index in [1.54, 1.807) is 24.4 Å². The van der Waals surface area contributed by atoms with Crippen LogP contribution in [0.4, 0.5) is 11.5 Å². The number of ether oxygens (including phenoxy) is 3. The van der Waals surface area contributed by atoms with E-state index in [4.69, 9.17) is 14.2 Å². The predicted molar refractivity (Wildman–Crippen MR) is 107 cm³/mol. The topological polar surface area (TPSA) is 107 Å². The van der Waals surface area contributed by atoms with Crippen LogP contribution < -0.4 is 24.8 Å². The van der Waals surface area contributed by atoms with Crippen molar-refractivity contribution >= 4 is 17.4 Å². The van der Waals surface area contributed by atoms with Gasteiger partial charge in [0, 0.05) is 30.1 Å². The van der Waals surface area contributed by atoms with Crippen LogP contribution in [0.3, 0.4) is 0 Å². The van der Waals surface area contributed by atoms with Crippen LogP contribution in [0.5, 0.6) is 17.2 Å². The second kappa shape index (κ2) is 9.36. The number of nitrogens with zero attached hydrogens (tertiary/aromatic N) is 3. The molecule has 29 heavy (non-hydrogen) atoms. The lowest BCUT2D eigenvalue weighted by atomic mass is 10.2. The Morgan fingerprint density at radius 1 is 0.966 bits per heavy atom. The van der Waals surface area contributed by atoms with Crippen LogP contribution in [0.1, 0.15) is 16.2 Å². The number of rotatable bonds is 8. The van der Waals surface area contributed by atoms with E-state index in [9.17, 15) is 4.79 Å². The second-order valence-corrected chi connectivity index (χ2v) is 5.83. The molecule has 0 aliphatic carbocycles. The van der Waals surface area contributed by atoms with Crippen LogP contribution in [0.25, 0.3) is 0 Å². The van der Waals surface area contributed by atoms with Crippen molar-refractivity contribution in [3.05, 3.63) is 60.3 Å². The Balaban J connectivity index is 1.75. The summed E-state index contributed by atoms with van der Waals surface area (Å²) in [7, 11) is 4.61. The van der Waals surface area contributed by atoms with Crippen LogP contribution in [0, 0.1) is 0 Å². The number of carbonyl (C=O) groups excluding carboxylic acids is 1. The molecular formula is C20H21N5O4. The van der Waals surface area contributed by atoms with E-state index in [1.807, 2.05) is 18.2 Å². The van der Waals surface area contributed by atoms with E-state index in [-0.39, 0.29) is 11.6 Å². The lowest BCUT2D eigenvalue weighted by Gasteiger charge is -2.15. The molecule has 0 saturated heterocycles. The van der Waals surface area contributed by atoms with E-state index in [2.05, 4.69) is 25.6 Å². The van der Waals surface area contributed by atoms with Gasteiger partial charge in [-0.1, -0.05) is 6.07 Å².